The van der Waals surface area contributed by atoms with Gasteiger partial charge in [-0.3, -0.25) is 4.79 Å². The van der Waals surface area contributed by atoms with Gasteiger partial charge in [-0.05, 0) is 31.8 Å². The van der Waals surface area contributed by atoms with Crippen molar-refractivity contribution in [3.63, 3.8) is 0 Å². The second kappa shape index (κ2) is 4.96. The molecule has 0 atom stereocenters. The lowest BCUT2D eigenvalue weighted by atomic mass is 10.0. The second-order valence-electron chi connectivity index (χ2n) is 3.73. The lowest BCUT2D eigenvalue weighted by molar-refractivity contribution is -0.165. The zero-order valence-electron chi connectivity index (χ0n) is 8.95. The van der Waals surface area contributed by atoms with Gasteiger partial charge in [0.1, 0.15) is 5.60 Å². The Balaban J connectivity index is 2.41. The van der Waals surface area contributed by atoms with E-state index in [1.165, 1.54) is 6.92 Å². The number of rotatable bonds is 4. The summed E-state index contributed by atoms with van der Waals surface area (Å²) in [4.78, 5) is 21.8. The minimum Gasteiger partial charge on any atom is -0.454 e. The van der Waals surface area contributed by atoms with Gasteiger partial charge in [-0.1, -0.05) is 6.58 Å². The van der Waals surface area contributed by atoms with Crippen LogP contribution in [0, 0.1) is 0 Å². The van der Waals surface area contributed by atoms with Crippen LogP contribution in [-0.2, 0) is 19.1 Å². The van der Waals surface area contributed by atoms with E-state index in [9.17, 15) is 9.59 Å². The number of carbonyl (C=O) groups excluding carboxylic acids is 2. The number of esters is 2. The van der Waals surface area contributed by atoms with Crippen molar-refractivity contribution < 1.29 is 19.1 Å². The molecule has 0 heterocycles. The van der Waals surface area contributed by atoms with Gasteiger partial charge in [0.25, 0.3) is 0 Å². The molecule has 0 aromatic heterocycles. The van der Waals surface area contributed by atoms with Crippen LogP contribution >= 0.6 is 0 Å². The minimum atomic E-state index is -0.531. The highest BCUT2D eigenvalue weighted by Gasteiger charge is 2.34. The van der Waals surface area contributed by atoms with E-state index in [0.29, 0.717) is 0 Å². The molecule has 0 saturated heterocycles. The van der Waals surface area contributed by atoms with E-state index in [-0.39, 0.29) is 6.61 Å². The van der Waals surface area contributed by atoms with Crippen molar-refractivity contribution in [2.45, 2.75) is 38.2 Å². The highest BCUT2D eigenvalue weighted by Crippen LogP contribution is 2.34. The van der Waals surface area contributed by atoms with Crippen LogP contribution in [0.3, 0.4) is 0 Å². The molecule has 1 aliphatic rings. The number of hydrogen-bond acceptors (Lipinski definition) is 4. The van der Waals surface area contributed by atoms with Crippen LogP contribution in [0.5, 0.6) is 0 Å². The Labute approximate surface area is 89.2 Å². The van der Waals surface area contributed by atoms with Crippen LogP contribution in [0.2, 0.25) is 0 Å². The molecular formula is C11H16O4. The smallest absolute Gasteiger partial charge is 0.345 e. The summed E-state index contributed by atoms with van der Waals surface area (Å²) in [5.41, 5.74) is -0.531. The number of ether oxygens (including phenoxy) is 2. The molecule has 1 saturated carbocycles. The summed E-state index contributed by atoms with van der Waals surface area (Å²) < 4.78 is 9.82. The highest BCUT2D eigenvalue weighted by atomic mass is 16.6. The van der Waals surface area contributed by atoms with E-state index in [4.69, 9.17) is 4.74 Å². The fourth-order valence-corrected chi connectivity index (χ4v) is 1.74. The maximum Gasteiger partial charge on any atom is 0.345 e. The third kappa shape index (κ3) is 3.38. The normalized spacial score (nSPS) is 18.2. The van der Waals surface area contributed by atoms with Gasteiger partial charge in [0.05, 0.1) is 0 Å². The Kier molecular flexibility index (Phi) is 3.88. The Morgan fingerprint density at radius 1 is 1.40 bits per heavy atom. The second-order valence-corrected chi connectivity index (χ2v) is 3.73. The van der Waals surface area contributed by atoms with E-state index >= 15 is 0 Å². The molecule has 0 radical (unpaired) electrons. The molecule has 0 aliphatic heterocycles. The van der Waals surface area contributed by atoms with Crippen molar-refractivity contribution in [3.05, 3.63) is 12.7 Å². The molecule has 1 fully saturated rings. The third-order valence-corrected chi connectivity index (χ3v) is 2.53. The molecule has 0 unspecified atom stereocenters. The lowest BCUT2D eigenvalue weighted by Gasteiger charge is -2.24. The molecule has 4 nitrogen and oxygen atoms in total. The van der Waals surface area contributed by atoms with Crippen LogP contribution in [0.15, 0.2) is 12.7 Å². The number of hydrogen-bond donors (Lipinski definition) is 0. The largest absolute Gasteiger partial charge is 0.454 e. The summed E-state index contributed by atoms with van der Waals surface area (Å²) in [5, 5.41) is 0. The van der Waals surface area contributed by atoms with Gasteiger partial charge >= 0.3 is 11.9 Å². The van der Waals surface area contributed by atoms with Gasteiger partial charge < -0.3 is 9.47 Å². The van der Waals surface area contributed by atoms with Crippen molar-refractivity contribution in [1.29, 1.82) is 0 Å². The van der Waals surface area contributed by atoms with Gasteiger partial charge in [-0.25, -0.2) is 4.79 Å². The van der Waals surface area contributed by atoms with Crippen molar-refractivity contribution in [1.82, 2.24) is 0 Å². The molecule has 0 aromatic carbocycles. The summed E-state index contributed by atoms with van der Waals surface area (Å²) in [6.45, 7) is 4.62. The molecular weight excluding hydrogens is 196 g/mol. The van der Waals surface area contributed by atoms with E-state index < -0.39 is 17.5 Å². The first-order valence-electron chi connectivity index (χ1n) is 5.07. The molecule has 1 aliphatic carbocycles. The molecule has 0 spiro atoms. The highest BCUT2D eigenvalue weighted by molar-refractivity contribution is 5.75. The third-order valence-electron chi connectivity index (χ3n) is 2.53. The van der Waals surface area contributed by atoms with Crippen LogP contribution < -0.4 is 0 Å². The van der Waals surface area contributed by atoms with Gasteiger partial charge in [-0.15, -0.1) is 0 Å². The lowest BCUT2D eigenvalue weighted by Crippen LogP contribution is -2.31. The first-order chi connectivity index (χ1) is 7.08. The van der Waals surface area contributed by atoms with E-state index in [2.05, 4.69) is 11.3 Å². The monoisotopic (exact) mass is 212 g/mol. The average Bonchev–Trinajstić information content (AvgIpc) is 2.64. The summed E-state index contributed by atoms with van der Waals surface area (Å²) in [6, 6.07) is 0. The Hall–Kier alpha value is -1.32. The average molecular weight is 212 g/mol. The van der Waals surface area contributed by atoms with E-state index in [1.807, 2.05) is 0 Å². The number of carbonyl (C=O) groups is 2. The van der Waals surface area contributed by atoms with Crippen LogP contribution in [0.25, 0.3) is 0 Å². The summed E-state index contributed by atoms with van der Waals surface area (Å²) in [6.07, 6.45) is 5.36. The van der Waals surface area contributed by atoms with Gasteiger partial charge in [-0.2, -0.15) is 0 Å². The summed E-state index contributed by atoms with van der Waals surface area (Å²) >= 11 is 0. The predicted molar refractivity (Wildman–Crippen MR) is 54.1 cm³/mol. The van der Waals surface area contributed by atoms with Crippen molar-refractivity contribution >= 4 is 11.9 Å². The van der Waals surface area contributed by atoms with Crippen LogP contribution in [0.4, 0.5) is 0 Å². The van der Waals surface area contributed by atoms with Crippen molar-refractivity contribution in [2.75, 3.05) is 6.61 Å². The van der Waals surface area contributed by atoms with Crippen molar-refractivity contribution in [2.24, 2.45) is 0 Å². The first-order valence-corrected chi connectivity index (χ1v) is 5.07. The molecule has 1 rings (SSSR count). The molecule has 0 bridgehead atoms. The topological polar surface area (TPSA) is 52.6 Å². The Morgan fingerprint density at radius 3 is 2.47 bits per heavy atom. The zero-order chi connectivity index (χ0) is 11.3. The fourth-order valence-electron chi connectivity index (χ4n) is 1.74. The molecule has 0 N–H and O–H groups in total. The zero-order valence-corrected chi connectivity index (χ0v) is 8.95. The van der Waals surface area contributed by atoms with Gasteiger partial charge in [0, 0.05) is 6.92 Å². The minimum absolute atomic E-state index is 0.315. The van der Waals surface area contributed by atoms with Crippen LogP contribution in [0.1, 0.15) is 32.6 Å². The van der Waals surface area contributed by atoms with Gasteiger partial charge in [0.2, 0.25) is 0 Å². The quantitative estimate of drug-likeness (QED) is 0.524. The summed E-state index contributed by atoms with van der Waals surface area (Å²) in [7, 11) is 0. The standard InChI is InChI=1S/C11H16O4/c1-3-11(6-4-5-7-11)15-10(13)8-14-9(2)12/h3H,1,4-8H2,2H3. The molecule has 15 heavy (non-hydrogen) atoms. The fraction of sp³-hybridized carbons (Fsp3) is 0.636. The van der Waals surface area contributed by atoms with Gasteiger partial charge in [0.15, 0.2) is 6.61 Å². The SMILES string of the molecule is C=CC1(OC(=O)COC(C)=O)CCCC1. The van der Waals surface area contributed by atoms with E-state index in [0.717, 1.165) is 25.7 Å². The van der Waals surface area contributed by atoms with E-state index in [1.54, 1.807) is 6.08 Å². The predicted octanol–water partition coefficient (Wildman–Crippen LogP) is 1.59. The molecule has 0 aromatic rings. The molecule has 4 heteroatoms. The molecule has 0 amide bonds. The van der Waals surface area contributed by atoms with Crippen LogP contribution in [-0.4, -0.2) is 24.1 Å². The Bertz CT molecular complexity index is 264. The summed E-state index contributed by atoms with van der Waals surface area (Å²) in [5.74, 6) is -0.988. The Morgan fingerprint density at radius 2 is 2.00 bits per heavy atom. The molecule has 84 valence electrons. The maximum atomic E-state index is 11.3. The van der Waals surface area contributed by atoms with Crippen molar-refractivity contribution in [3.8, 4) is 0 Å². The maximum absolute atomic E-state index is 11.3. The first kappa shape index (κ1) is 11.8.